The molecule has 5 aliphatic rings. The van der Waals surface area contributed by atoms with Crippen molar-refractivity contribution in [2.75, 3.05) is 0 Å². The zero-order valence-corrected chi connectivity index (χ0v) is 18.3. The van der Waals surface area contributed by atoms with E-state index < -0.39 is 0 Å². The molecule has 9 rings (SSSR count). The van der Waals surface area contributed by atoms with Crippen molar-refractivity contribution in [3.63, 3.8) is 0 Å². The van der Waals surface area contributed by atoms with Crippen molar-refractivity contribution in [3.8, 4) is 0 Å². The van der Waals surface area contributed by atoms with Crippen LogP contribution in [0.1, 0.15) is 44.5 Å². The van der Waals surface area contributed by atoms with Crippen LogP contribution in [-0.4, -0.2) is 0 Å². The first-order valence-electron chi connectivity index (χ1n) is 12.5. The molecule has 152 valence electrons. The zero-order chi connectivity index (χ0) is 20.6. The minimum atomic E-state index is 1.18. The van der Waals surface area contributed by atoms with Crippen LogP contribution in [0.4, 0.5) is 0 Å². The molecule has 0 amide bonds. The van der Waals surface area contributed by atoms with Crippen molar-refractivity contribution >= 4 is 0 Å². The van der Waals surface area contributed by atoms with Gasteiger partial charge in [-0.05, 0) is 138 Å². The third-order valence-electron chi connectivity index (χ3n) is 9.17. The summed E-state index contributed by atoms with van der Waals surface area (Å²) in [6.45, 7) is 0. The monoisotopic (exact) mass is 408 g/mol. The average Bonchev–Trinajstić information content (AvgIpc) is 2.85. The summed E-state index contributed by atoms with van der Waals surface area (Å²) in [4.78, 5) is 0. The maximum atomic E-state index is 2.47. The topological polar surface area (TPSA) is 0 Å². The van der Waals surface area contributed by atoms with Crippen LogP contribution in [0, 0.1) is 41.7 Å². The van der Waals surface area contributed by atoms with Gasteiger partial charge >= 0.3 is 0 Å². The smallest absolute Gasteiger partial charge is 0.00610 e. The molecular weight excluding hydrogens is 384 g/mol. The molecule has 0 unspecified atom stereocenters. The molecule has 5 aliphatic carbocycles. The molecule has 32 heavy (non-hydrogen) atoms. The SMILES string of the molecule is c1cc2c3c4c1CCc1ccc5c(c1=4)=c1c(ccc4c1=c1c(ccc(c1=3)CC2)CC4)CC5. The summed E-state index contributed by atoms with van der Waals surface area (Å²) in [5.41, 5.74) is 12.6. The van der Waals surface area contributed by atoms with Gasteiger partial charge in [0.05, 0.1) is 0 Å². The Balaban J connectivity index is 1.93. The summed E-state index contributed by atoms with van der Waals surface area (Å²) in [6, 6.07) is 19.8. The van der Waals surface area contributed by atoms with Gasteiger partial charge in [0.25, 0.3) is 0 Å². The number of benzene rings is 4. The van der Waals surface area contributed by atoms with E-state index in [2.05, 4.69) is 48.5 Å². The van der Waals surface area contributed by atoms with Gasteiger partial charge in [0.15, 0.2) is 0 Å². The number of hydrogen-bond acceptors (Lipinski definition) is 0. The predicted octanol–water partition coefficient (Wildman–Crippen LogP) is 5.54. The first kappa shape index (κ1) is 16.5. The van der Waals surface area contributed by atoms with Crippen molar-refractivity contribution in [3.05, 3.63) is 135 Å². The second-order valence-electron chi connectivity index (χ2n) is 10.5. The molecule has 4 aromatic carbocycles. The number of rotatable bonds is 0. The van der Waals surface area contributed by atoms with E-state index in [1.54, 1.807) is 86.3 Å². The third-order valence-corrected chi connectivity index (χ3v) is 9.17. The minimum Gasteiger partial charge on any atom is -0.0581 e. The summed E-state index contributed by atoms with van der Waals surface area (Å²) in [5.74, 6) is 0. The molecule has 0 aliphatic heterocycles. The fraction of sp³-hybridized carbons (Fsp3) is 0.250. The summed E-state index contributed by atoms with van der Waals surface area (Å²) < 4.78 is 0. The van der Waals surface area contributed by atoms with E-state index in [0.717, 1.165) is 0 Å². The van der Waals surface area contributed by atoms with E-state index >= 15 is 0 Å². The molecule has 4 aromatic rings. The highest BCUT2D eigenvalue weighted by Crippen LogP contribution is 2.34. The van der Waals surface area contributed by atoms with Gasteiger partial charge in [0.1, 0.15) is 0 Å². The van der Waals surface area contributed by atoms with Crippen LogP contribution in [0.25, 0.3) is 0 Å². The van der Waals surface area contributed by atoms with Crippen LogP contribution in [0.5, 0.6) is 0 Å². The fourth-order valence-electron chi connectivity index (χ4n) is 7.78. The van der Waals surface area contributed by atoms with Crippen molar-refractivity contribution in [1.29, 1.82) is 0 Å². The summed E-state index contributed by atoms with van der Waals surface area (Å²) in [6.07, 6.45) is 9.43. The fourth-order valence-corrected chi connectivity index (χ4v) is 7.78. The van der Waals surface area contributed by atoms with Gasteiger partial charge < -0.3 is 0 Å². The minimum absolute atomic E-state index is 1.18. The molecule has 0 fully saturated rings. The van der Waals surface area contributed by atoms with Gasteiger partial charge in [-0.15, -0.1) is 0 Å². The summed E-state index contributed by atoms with van der Waals surface area (Å²) in [5, 5.41) is 12.8. The highest BCUT2D eigenvalue weighted by atomic mass is 14.3. The van der Waals surface area contributed by atoms with Gasteiger partial charge in [0.2, 0.25) is 0 Å². The van der Waals surface area contributed by atoms with E-state index in [0.29, 0.717) is 0 Å². The van der Waals surface area contributed by atoms with Crippen molar-refractivity contribution in [1.82, 2.24) is 0 Å². The van der Waals surface area contributed by atoms with Gasteiger partial charge in [0, 0.05) is 0 Å². The molecule has 0 atom stereocenters. The van der Waals surface area contributed by atoms with E-state index in [-0.39, 0.29) is 0 Å². The molecule has 0 heterocycles. The summed E-state index contributed by atoms with van der Waals surface area (Å²) >= 11 is 0. The van der Waals surface area contributed by atoms with Crippen molar-refractivity contribution in [2.24, 2.45) is 0 Å². The Kier molecular flexibility index (Phi) is 2.80. The van der Waals surface area contributed by atoms with Crippen LogP contribution in [0.2, 0.25) is 0 Å². The molecule has 0 N–H and O–H groups in total. The lowest BCUT2D eigenvalue weighted by Crippen LogP contribution is -2.15. The molecule has 0 aromatic heterocycles. The molecule has 0 spiro atoms. The molecular formula is C32H24. The average molecular weight is 409 g/mol. The highest BCUT2D eigenvalue weighted by Gasteiger charge is 2.23. The van der Waals surface area contributed by atoms with Gasteiger partial charge in [-0.2, -0.15) is 0 Å². The molecule has 0 saturated heterocycles. The second-order valence-corrected chi connectivity index (χ2v) is 10.5. The second kappa shape index (κ2) is 5.44. The quantitative estimate of drug-likeness (QED) is 0.315. The van der Waals surface area contributed by atoms with Gasteiger partial charge in [-0.25, -0.2) is 0 Å². The van der Waals surface area contributed by atoms with Crippen LogP contribution in [0.15, 0.2) is 48.5 Å². The van der Waals surface area contributed by atoms with Crippen molar-refractivity contribution < 1.29 is 0 Å². The van der Waals surface area contributed by atoms with Crippen LogP contribution in [0.3, 0.4) is 0 Å². The van der Waals surface area contributed by atoms with Crippen LogP contribution >= 0.6 is 0 Å². The van der Waals surface area contributed by atoms with E-state index in [1.165, 1.54) is 51.4 Å². The number of hydrogen-bond donors (Lipinski definition) is 0. The standard InChI is InChI=1S/C32H24/c1-2-18-5-6-20-9-11-22-13-15-24-16-14-23-12-10-21-8-7-19-4-3-17(1)25-26(18)28(20)30(22)32(24)31(23)29(21)27(19)25/h1-2,7-9,11,14,16H,3-6,10,12-13,15H2. The van der Waals surface area contributed by atoms with Crippen molar-refractivity contribution in [2.45, 2.75) is 51.4 Å². The molecule has 0 radical (unpaired) electrons. The zero-order valence-electron chi connectivity index (χ0n) is 18.3. The largest absolute Gasteiger partial charge is 0.0581 e. The molecule has 0 heteroatoms. The predicted molar refractivity (Wildman–Crippen MR) is 126 cm³/mol. The van der Waals surface area contributed by atoms with Gasteiger partial charge in [-0.1, -0.05) is 48.5 Å². The molecule has 0 bridgehead atoms. The Morgan fingerprint density at radius 2 is 0.344 bits per heavy atom. The number of aryl methyl sites for hydroxylation is 8. The lowest BCUT2D eigenvalue weighted by Gasteiger charge is -2.25. The normalized spacial score (nSPS) is 17.0. The maximum Gasteiger partial charge on any atom is -0.00610 e. The Bertz CT molecular complexity index is 1500. The van der Waals surface area contributed by atoms with Crippen LogP contribution < -0.4 is 0 Å². The third kappa shape index (κ3) is 1.77. The lowest BCUT2D eigenvalue weighted by molar-refractivity contribution is 0.835. The van der Waals surface area contributed by atoms with Crippen LogP contribution in [-0.2, 0) is 51.4 Å². The lowest BCUT2D eigenvalue weighted by atomic mass is 9.78. The highest BCUT2D eigenvalue weighted by molar-refractivity contribution is 5.50. The summed E-state index contributed by atoms with van der Waals surface area (Å²) in [7, 11) is 0. The Labute approximate surface area is 186 Å². The maximum absolute atomic E-state index is 2.47. The van der Waals surface area contributed by atoms with Gasteiger partial charge in [-0.3, -0.25) is 0 Å². The Morgan fingerprint density at radius 1 is 0.219 bits per heavy atom. The first-order chi connectivity index (χ1) is 15.9. The Hall–Kier alpha value is -3.12. The van der Waals surface area contributed by atoms with E-state index in [9.17, 15) is 0 Å². The molecule has 0 nitrogen and oxygen atoms in total. The molecule has 0 saturated carbocycles. The Morgan fingerprint density at radius 3 is 0.469 bits per heavy atom. The first-order valence-corrected chi connectivity index (χ1v) is 12.5. The van der Waals surface area contributed by atoms with E-state index in [1.807, 2.05) is 0 Å². The van der Waals surface area contributed by atoms with E-state index in [4.69, 9.17) is 0 Å².